The molecule has 0 amide bonds. The van der Waals surface area contributed by atoms with Gasteiger partial charge < -0.3 is 4.74 Å². The van der Waals surface area contributed by atoms with Crippen molar-refractivity contribution in [3.05, 3.63) is 29.8 Å². The second-order valence-electron chi connectivity index (χ2n) is 5.52. The van der Waals surface area contributed by atoms with Crippen LogP contribution >= 0.6 is 0 Å². The van der Waals surface area contributed by atoms with Crippen LogP contribution in [0.3, 0.4) is 0 Å². The van der Waals surface area contributed by atoms with E-state index in [4.69, 9.17) is 10.00 Å². The molecular weight excluding hydrogens is 318 g/mol. The molecular formula is C15H17N3O4S. The van der Waals surface area contributed by atoms with E-state index in [1.54, 1.807) is 12.1 Å². The molecule has 3 rings (SSSR count). The van der Waals surface area contributed by atoms with Crippen molar-refractivity contribution in [3.8, 4) is 6.07 Å². The molecule has 7 nitrogen and oxygen atoms in total. The molecule has 2 aliphatic heterocycles. The summed E-state index contributed by atoms with van der Waals surface area (Å²) >= 11 is 0. The van der Waals surface area contributed by atoms with Gasteiger partial charge in [-0.2, -0.15) is 9.57 Å². The van der Waals surface area contributed by atoms with Gasteiger partial charge in [-0.3, -0.25) is 9.69 Å². The first-order valence-electron chi connectivity index (χ1n) is 7.44. The summed E-state index contributed by atoms with van der Waals surface area (Å²) in [6.45, 7) is 1.98. The average Bonchev–Trinajstić information content (AvgIpc) is 3.01. The van der Waals surface area contributed by atoms with Crippen molar-refractivity contribution >= 4 is 16.0 Å². The van der Waals surface area contributed by atoms with Gasteiger partial charge in [0.05, 0.1) is 17.1 Å². The van der Waals surface area contributed by atoms with Gasteiger partial charge in [0, 0.05) is 32.6 Å². The zero-order valence-corrected chi connectivity index (χ0v) is 13.3. The minimum Gasteiger partial charge on any atom is -0.464 e. The molecule has 8 heteroatoms. The Morgan fingerprint density at radius 3 is 2.48 bits per heavy atom. The number of esters is 1. The number of benzene rings is 1. The third-order valence-electron chi connectivity index (χ3n) is 4.25. The molecule has 2 fully saturated rings. The van der Waals surface area contributed by atoms with Crippen LogP contribution < -0.4 is 0 Å². The molecule has 0 saturated carbocycles. The number of cyclic esters (lactones) is 1. The van der Waals surface area contributed by atoms with Gasteiger partial charge in [-0.1, -0.05) is 12.1 Å². The van der Waals surface area contributed by atoms with E-state index < -0.39 is 10.0 Å². The highest BCUT2D eigenvalue weighted by Crippen LogP contribution is 2.23. The molecule has 0 radical (unpaired) electrons. The Labute approximate surface area is 135 Å². The SMILES string of the molecule is N#Cc1ccccc1S(=O)(=O)N1CCN([C@H]2CCOC2=O)CC1. The van der Waals surface area contributed by atoms with Crippen molar-refractivity contribution in [2.75, 3.05) is 32.8 Å². The fourth-order valence-corrected chi connectivity index (χ4v) is 4.56. The maximum atomic E-state index is 12.7. The van der Waals surface area contributed by atoms with E-state index in [9.17, 15) is 13.2 Å². The number of rotatable bonds is 3. The second kappa shape index (κ2) is 6.28. The van der Waals surface area contributed by atoms with Crippen LogP contribution in [0.5, 0.6) is 0 Å². The van der Waals surface area contributed by atoms with Gasteiger partial charge in [-0.25, -0.2) is 8.42 Å². The summed E-state index contributed by atoms with van der Waals surface area (Å²) in [6.07, 6.45) is 0.656. The Kier molecular flexibility index (Phi) is 4.35. The normalized spacial score (nSPS) is 23.4. The number of hydrogen-bond donors (Lipinski definition) is 0. The number of nitrogens with zero attached hydrogens (tertiary/aromatic N) is 3. The van der Waals surface area contributed by atoms with Crippen molar-refractivity contribution in [3.63, 3.8) is 0 Å². The Morgan fingerprint density at radius 2 is 1.87 bits per heavy atom. The van der Waals surface area contributed by atoms with Crippen LogP contribution in [-0.2, 0) is 19.6 Å². The van der Waals surface area contributed by atoms with Crippen LogP contribution in [0, 0.1) is 11.3 Å². The zero-order valence-electron chi connectivity index (χ0n) is 12.5. The Morgan fingerprint density at radius 1 is 1.17 bits per heavy atom. The van der Waals surface area contributed by atoms with E-state index in [0.29, 0.717) is 39.2 Å². The van der Waals surface area contributed by atoms with Crippen LogP contribution in [0.25, 0.3) is 0 Å². The zero-order chi connectivity index (χ0) is 16.4. The molecule has 1 aromatic rings. The molecule has 0 spiro atoms. The lowest BCUT2D eigenvalue weighted by Gasteiger charge is -2.35. The number of carbonyl (C=O) groups is 1. The van der Waals surface area contributed by atoms with Crippen molar-refractivity contribution in [2.24, 2.45) is 0 Å². The molecule has 2 aliphatic rings. The van der Waals surface area contributed by atoms with E-state index in [1.165, 1.54) is 16.4 Å². The molecule has 2 heterocycles. The predicted octanol–water partition coefficient (Wildman–Crippen LogP) is 0.180. The van der Waals surface area contributed by atoms with Gasteiger partial charge in [0.1, 0.15) is 12.1 Å². The monoisotopic (exact) mass is 335 g/mol. The molecule has 122 valence electrons. The number of sulfonamides is 1. The van der Waals surface area contributed by atoms with Gasteiger partial charge in [-0.15, -0.1) is 0 Å². The molecule has 0 bridgehead atoms. The highest BCUT2D eigenvalue weighted by Gasteiger charge is 2.37. The summed E-state index contributed by atoms with van der Waals surface area (Å²) in [5, 5.41) is 9.10. The van der Waals surface area contributed by atoms with E-state index in [2.05, 4.69) is 0 Å². The Hall–Kier alpha value is -1.95. The van der Waals surface area contributed by atoms with E-state index in [0.717, 1.165) is 0 Å². The minimum atomic E-state index is -3.70. The number of nitriles is 1. The van der Waals surface area contributed by atoms with Crippen molar-refractivity contribution in [1.29, 1.82) is 5.26 Å². The standard InChI is InChI=1S/C15H17N3O4S/c16-11-12-3-1-2-4-14(12)23(20,21)18-8-6-17(7-9-18)13-5-10-22-15(13)19/h1-4,13H,5-10H2/t13-/m0/s1. The third-order valence-corrected chi connectivity index (χ3v) is 6.20. The largest absolute Gasteiger partial charge is 0.464 e. The number of piperazine rings is 1. The average molecular weight is 335 g/mol. The molecule has 0 N–H and O–H groups in total. The van der Waals surface area contributed by atoms with Crippen LogP contribution in [0.1, 0.15) is 12.0 Å². The summed E-state index contributed by atoms with van der Waals surface area (Å²) in [4.78, 5) is 13.6. The smallest absolute Gasteiger partial charge is 0.323 e. The van der Waals surface area contributed by atoms with E-state index in [-0.39, 0.29) is 22.5 Å². The summed E-state index contributed by atoms with van der Waals surface area (Å²) in [5.74, 6) is -0.226. The topological polar surface area (TPSA) is 90.7 Å². The van der Waals surface area contributed by atoms with Gasteiger partial charge in [0.2, 0.25) is 10.0 Å². The summed E-state index contributed by atoms with van der Waals surface area (Å²) in [7, 11) is -3.70. The summed E-state index contributed by atoms with van der Waals surface area (Å²) < 4.78 is 31.8. The van der Waals surface area contributed by atoms with Gasteiger partial charge in [0.15, 0.2) is 0 Å². The van der Waals surface area contributed by atoms with Crippen molar-refractivity contribution in [1.82, 2.24) is 9.21 Å². The number of hydrogen-bond acceptors (Lipinski definition) is 6. The molecule has 23 heavy (non-hydrogen) atoms. The molecule has 0 aliphatic carbocycles. The van der Waals surface area contributed by atoms with E-state index in [1.807, 2.05) is 11.0 Å². The first-order valence-corrected chi connectivity index (χ1v) is 8.88. The maximum absolute atomic E-state index is 12.7. The van der Waals surface area contributed by atoms with Crippen LogP contribution in [0.4, 0.5) is 0 Å². The van der Waals surface area contributed by atoms with Crippen LogP contribution in [0.2, 0.25) is 0 Å². The van der Waals surface area contributed by atoms with Gasteiger partial charge in [0.25, 0.3) is 0 Å². The van der Waals surface area contributed by atoms with Crippen LogP contribution in [-0.4, -0.2) is 62.4 Å². The highest BCUT2D eigenvalue weighted by molar-refractivity contribution is 7.89. The first kappa shape index (κ1) is 15.9. The third kappa shape index (κ3) is 2.95. The van der Waals surface area contributed by atoms with Gasteiger partial charge in [-0.05, 0) is 12.1 Å². The quantitative estimate of drug-likeness (QED) is 0.732. The number of ether oxygens (including phenoxy) is 1. The number of carbonyl (C=O) groups excluding carboxylic acids is 1. The molecule has 1 atom stereocenters. The molecule has 1 aromatic carbocycles. The predicted molar refractivity (Wildman–Crippen MR) is 80.9 cm³/mol. The van der Waals surface area contributed by atoms with Crippen LogP contribution in [0.15, 0.2) is 29.2 Å². The Bertz CT molecular complexity index is 748. The summed E-state index contributed by atoms with van der Waals surface area (Å²) in [5.41, 5.74) is 0.148. The van der Waals surface area contributed by atoms with Crippen molar-refractivity contribution < 1.29 is 17.9 Å². The summed E-state index contributed by atoms with van der Waals surface area (Å²) in [6, 6.07) is 7.86. The van der Waals surface area contributed by atoms with Gasteiger partial charge >= 0.3 is 5.97 Å². The first-order chi connectivity index (χ1) is 11.0. The maximum Gasteiger partial charge on any atom is 0.323 e. The molecule has 0 aromatic heterocycles. The second-order valence-corrected chi connectivity index (χ2v) is 7.43. The van der Waals surface area contributed by atoms with Crippen molar-refractivity contribution in [2.45, 2.75) is 17.4 Å². The minimum absolute atomic E-state index is 0.0382. The molecule has 2 saturated heterocycles. The fraction of sp³-hybridized carbons (Fsp3) is 0.467. The lowest BCUT2D eigenvalue weighted by Crippen LogP contribution is -2.53. The molecule has 0 unspecified atom stereocenters. The van der Waals surface area contributed by atoms with E-state index >= 15 is 0 Å². The lowest BCUT2D eigenvalue weighted by molar-refractivity contribution is -0.142. The lowest BCUT2D eigenvalue weighted by atomic mass is 10.2. The fourth-order valence-electron chi connectivity index (χ4n) is 3.00. The Balaban J connectivity index is 1.74. The highest BCUT2D eigenvalue weighted by atomic mass is 32.2.